The van der Waals surface area contributed by atoms with Crippen LogP contribution in [0.15, 0.2) is 47.3 Å². The van der Waals surface area contributed by atoms with E-state index in [2.05, 4.69) is 15.7 Å². The molecule has 0 aliphatic carbocycles. The highest BCUT2D eigenvalue weighted by Gasteiger charge is 2.10. The van der Waals surface area contributed by atoms with Crippen LogP contribution >= 0.6 is 0 Å². The number of fused-ring (bicyclic) bond motifs is 1. The van der Waals surface area contributed by atoms with Crippen molar-refractivity contribution in [2.75, 3.05) is 19.5 Å². The van der Waals surface area contributed by atoms with Crippen molar-refractivity contribution in [2.24, 2.45) is 7.05 Å². The Balaban J connectivity index is 1.76. The Labute approximate surface area is 155 Å². The zero-order valence-corrected chi connectivity index (χ0v) is 15.3. The first-order chi connectivity index (χ1) is 13.0. The van der Waals surface area contributed by atoms with Crippen molar-refractivity contribution >= 4 is 22.5 Å². The molecular formula is C19H20N4O4. The molecule has 3 aromatic rings. The van der Waals surface area contributed by atoms with Gasteiger partial charge in [0.25, 0.3) is 5.56 Å². The van der Waals surface area contributed by atoms with Crippen molar-refractivity contribution < 1.29 is 14.3 Å². The number of rotatable bonds is 5. The third-order valence-electron chi connectivity index (χ3n) is 4.06. The lowest BCUT2D eigenvalue weighted by molar-refractivity contribution is 0.251. The van der Waals surface area contributed by atoms with E-state index < -0.39 is 6.03 Å². The average molecular weight is 368 g/mol. The summed E-state index contributed by atoms with van der Waals surface area (Å²) >= 11 is 0. The second kappa shape index (κ2) is 7.77. The molecule has 2 N–H and O–H groups in total. The number of amides is 2. The van der Waals surface area contributed by atoms with Crippen molar-refractivity contribution in [2.45, 2.75) is 6.54 Å². The van der Waals surface area contributed by atoms with Gasteiger partial charge < -0.3 is 20.1 Å². The van der Waals surface area contributed by atoms with Crippen LogP contribution in [-0.2, 0) is 13.6 Å². The maximum Gasteiger partial charge on any atom is 0.319 e. The van der Waals surface area contributed by atoms with Gasteiger partial charge in [-0.15, -0.1) is 0 Å². The first-order valence-electron chi connectivity index (χ1n) is 8.24. The minimum absolute atomic E-state index is 0.168. The zero-order chi connectivity index (χ0) is 19.4. The van der Waals surface area contributed by atoms with E-state index in [1.807, 2.05) is 12.1 Å². The topological polar surface area (TPSA) is 94.5 Å². The summed E-state index contributed by atoms with van der Waals surface area (Å²) in [6.45, 7) is 0.168. The fourth-order valence-corrected chi connectivity index (χ4v) is 2.73. The van der Waals surface area contributed by atoms with Gasteiger partial charge in [0, 0.05) is 36.3 Å². The lowest BCUT2D eigenvalue weighted by Gasteiger charge is -2.12. The van der Waals surface area contributed by atoms with E-state index >= 15 is 0 Å². The number of aryl methyl sites for hydroxylation is 1. The SMILES string of the molecule is COc1cc(NC(=O)NCc2nn(C)c(=O)c3ccccc23)cc(OC)c1. The Morgan fingerprint density at radius 2 is 1.70 bits per heavy atom. The molecule has 0 saturated heterocycles. The summed E-state index contributed by atoms with van der Waals surface area (Å²) in [5.41, 5.74) is 0.954. The number of nitrogens with zero attached hydrogens (tertiary/aromatic N) is 2. The van der Waals surface area contributed by atoms with Crippen LogP contribution < -0.4 is 25.7 Å². The minimum Gasteiger partial charge on any atom is -0.497 e. The number of benzene rings is 2. The smallest absolute Gasteiger partial charge is 0.319 e. The van der Waals surface area contributed by atoms with Crippen LogP contribution in [0.4, 0.5) is 10.5 Å². The van der Waals surface area contributed by atoms with Gasteiger partial charge in [0.15, 0.2) is 0 Å². The van der Waals surface area contributed by atoms with Crippen molar-refractivity contribution in [3.05, 3.63) is 58.5 Å². The second-order valence-corrected chi connectivity index (χ2v) is 5.83. The van der Waals surface area contributed by atoms with Gasteiger partial charge in [-0.3, -0.25) is 4.79 Å². The van der Waals surface area contributed by atoms with E-state index in [1.165, 1.54) is 18.9 Å². The van der Waals surface area contributed by atoms with Gasteiger partial charge in [0.1, 0.15) is 11.5 Å². The van der Waals surface area contributed by atoms with Crippen LogP contribution in [0, 0.1) is 0 Å². The van der Waals surface area contributed by atoms with Gasteiger partial charge in [0.2, 0.25) is 0 Å². The molecule has 0 aliphatic heterocycles. The lowest BCUT2D eigenvalue weighted by atomic mass is 10.1. The van der Waals surface area contributed by atoms with Crippen LogP contribution in [0.1, 0.15) is 5.69 Å². The van der Waals surface area contributed by atoms with Crippen LogP contribution in [-0.4, -0.2) is 30.0 Å². The van der Waals surface area contributed by atoms with E-state index in [-0.39, 0.29) is 12.1 Å². The van der Waals surface area contributed by atoms with Gasteiger partial charge in [-0.2, -0.15) is 5.10 Å². The highest BCUT2D eigenvalue weighted by atomic mass is 16.5. The number of carbonyl (C=O) groups is 1. The van der Waals surface area contributed by atoms with Gasteiger partial charge >= 0.3 is 6.03 Å². The molecule has 0 atom stereocenters. The van der Waals surface area contributed by atoms with E-state index in [1.54, 1.807) is 37.4 Å². The Kier molecular flexibility index (Phi) is 5.25. The summed E-state index contributed by atoms with van der Waals surface area (Å²) in [4.78, 5) is 24.4. The van der Waals surface area contributed by atoms with Crippen molar-refractivity contribution in [1.29, 1.82) is 0 Å². The molecule has 27 heavy (non-hydrogen) atoms. The van der Waals surface area contributed by atoms with Crippen molar-refractivity contribution in [3.63, 3.8) is 0 Å². The van der Waals surface area contributed by atoms with Crippen LogP contribution in [0.2, 0.25) is 0 Å². The maximum atomic E-state index is 12.3. The molecule has 0 saturated carbocycles. The minimum atomic E-state index is -0.412. The number of hydrogen-bond donors (Lipinski definition) is 2. The molecule has 0 bridgehead atoms. The molecule has 1 heterocycles. The first-order valence-corrected chi connectivity index (χ1v) is 8.24. The van der Waals surface area contributed by atoms with Crippen molar-refractivity contribution in [1.82, 2.24) is 15.1 Å². The molecule has 8 nitrogen and oxygen atoms in total. The molecule has 0 aliphatic rings. The van der Waals surface area contributed by atoms with Crippen LogP contribution in [0.3, 0.4) is 0 Å². The van der Waals surface area contributed by atoms with E-state index in [0.29, 0.717) is 33.7 Å². The van der Waals surface area contributed by atoms with E-state index in [4.69, 9.17) is 9.47 Å². The standard InChI is InChI=1S/C19H20N4O4/c1-23-18(24)16-7-5-4-6-15(16)17(22-23)11-20-19(25)21-12-8-13(26-2)10-14(9-12)27-3/h4-10H,11H2,1-3H3,(H2,20,21,25). The molecule has 0 radical (unpaired) electrons. The first kappa shape index (κ1) is 18.2. The molecule has 140 valence electrons. The summed E-state index contributed by atoms with van der Waals surface area (Å²) in [7, 11) is 4.66. The molecule has 2 amide bonds. The summed E-state index contributed by atoms with van der Waals surface area (Å²) in [6.07, 6.45) is 0. The Morgan fingerprint density at radius 1 is 1.07 bits per heavy atom. The van der Waals surface area contributed by atoms with Gasteiger partial charge in [-0.25, -0.2) is 9.48 Å². The summed E-state index contributed by atoms with van der Waals surface area (Å²) in [5, 5.41) is 11.0. The zero-order valence-electron chi connectivity index (χ0n) is 15.3. The summed E-state index contributed by atoms with van der Waals surface area (Å²) in [6, 6.07) is 11.8. The Morgan fingerprint density at radius 3 is 2.33 bits per heavy atom. The largest absolute Gasteiger partial charge is 0.497 e. The molecule has 1 aromatic heterocycles. The molecule has 3 rings (SSSR count). The molecule has 0 fully saturated rings. The average Bonchev–Trinajstić information content (AvgIpc) is 2.69. The van der Waals surface area contributed by atoms with E-state index in [9.17, 15) is 9.59 Å². The number of ether oxygens (including phenoxy) is 2. The van der Waals surface area contributed by atoms with Crippen molar-refractivity contribution in [3.8, 4) is 11.5 Å². The predicted octanol–water partition coefficient (Wildman–Crippen LogP) is 2.27. The number of anilines is 1. The quantitative estimate of drug-likeness (QED) is 0.720. The Hall–Kier alpha value is -3.55. The molecule has 0 unspecified atom stereocenters. The fourth-order valence-electron chi connectivity index (χ4n) is 2.73. The highest BCUT2D eigenvalue weighted by Crippen LogP contribution is 2.25. The molecule has 0 spiro atoms. The maximum absolute atomic E-state index is 12.3. The number of nitrogens with one attached hydrogen (secondary N) is 2. The van der Waals surface area contributed by atoms with Gasteiger partial charge in [-0.1, -0.05) is 18.2 Å². The number of methoxy groups -OCH3 is 2. The fraction of sp³-hybridized carbons (Fsp3) is 0.211. The molecule has 2 aromatic carbocycles. The van der Waals surface area contributed by atoms with Gasteiger partial charge in [0.05, 0.1) is 31.8 Å². The third kappa shape index (κ3) is 4.00. The van der Waals surface area contributed by atoms with Gasteiger partial charge in [-0.05, 0) is 6.07 Å². The number of aromatic nitrogens is 2. The third-order valence-corrected chi connectivity index (χ3v) is 4.06. The predicted molar refractivity (Wildman–Crippen MR) is 102 cm³/mol. The lowest BCUT2D eigenvalue weighted by Crippen LogP contribution is -2.30. The monoisotopic (exact) mass is 368 g/mol. The number of urea groups is 1. The molecular weight excluding hydrogens is 348 g/mol. The number of carbonyl (C=O) groups excluding carboxylic acids is 1. The number of hydrogen-bond acceptors (Lipinski definition) is 5. The van der Waals surface area contributed by atoms with Crippen LogP contribution in [0.25, 0.3) is 10.8 Å². The molecule has 8 heteroatoms. The second-order valence-electron chi connectivity index (χ2n) is 5.83. The Bertz CT molecular complexity index is 1020. The van der Waals surface area contributed by atoms with Crippen LogP contribution in [0.5, 0.6) is 11.5 Å². The van der Waals surface area contributed by atoms with E-state index in [0.717, 1.165) is 0 Å². The summed E-state index contributed by atoms with van der Waals surface area (Å²) in [5.74, 6) is 1.13. The normalized spacial score (nSPS) is 10.5. The summed E-state index contributed by atoms with van der Waals surface area (Å²) < 4.78 is 11.6. The highest BCUT2D eigenvalue weighted by molar-refractivity contribution is 5.90.